The van der Waals surface area contributed by atoms with E-state index in [9.17, 15) is 4.79 Å². The van der Waals surface area contributed by atoms with Crippen molar-refractivity contribution in [3.05, 3.63) is 96.6 Å². The zero-order chi connectivity index (χ0) is 18.9. The van der Waals surface area contributed by atoms with Crippen molar-refractivity contribution in [3.8, 4) is 22.6 Å². The summed E-state index contributed by atoms with van der Waals surface area (Å²) >= 11 is 0. The lowest BCUT2D eigenvalue weighted by atomic mass is 10.0. The van der Waals surface area contributed by atoms with Crippen LogP contribution in [-0.4, -0.2) is 16.3 Å². The Balaban J connectivity index is 1.86. The van der Waals surface area contributed by atoms with Crippen LogP contribution < -0.4 is 0 Å². The Labute approximate surface area is 162 Å². The van der Waals surface area contributed by atoms with Crippen LogP contribution >= 0.6 is 0 Å². The molecule has 28 heavy (non-hydrogen) atoms. The maximum atomic E-state index is 11.0. The first-order chi connectivity index (χ1) is 13.8. The average Bonchev–Trinajstić information content (AvgIpc) is 2.79. The Morgan fingerprint density at radius 3 is 2.14 bits per heavy atom. The molecule has 0 aliphatic carbocycles. The van der Waals surface area contributed by atoms with Gasteiger partial charge in [0.05, 0.1) is 11.2 Å². The van der Waals surface area contributed by atoms with Gasteiger partial charge in [-0.15, -0.1) is 0 Å². The molecule has 132 valence electrons. The first kappa shape index (κ1) is 16.3. The number of fused-ring (bicyclic) bond motifs is 3. The van der Waals surface area contributed by atoms with Crippen LogP contribution in [0.25, 0.3) is 44.3 Å². The van der Waals surface area contributed by atoms with Gasteiger partial charge in [0.25, 0.3) is 0 Å². The van der Waals surface area contributed by atoms with Gasteiger partial charge in [-0.05, 0) is 11.5 Å². The van der Waals surface area contributed by atoms with Gasteiger partial charge < -0.3 is 0 Å². The average molecular weight is 360 g/mol. The van der Waals surface area contributed by atoms with Gasteiger partial charge in [-0.2, -0.15) is 0 Å². The zero-order valence-electron chi connectivity index (χ0n) is 15.0. The molecule has 0 aliphatic rings. The Hall–Kier alpha value is -3.85. The summed E-state index contributed by atoms with van der Waals surface area (Å²) in [6.07, 6.45) is 0.852. The lowest BCUT2D eigenvalue weighted by Crippen LogP contribution is -1.96. The van der Waals surface area contributed by atoms with Crippen molar-refractivity contribution in [1.29, 1.82) is 0 Å². The van der Waals surface area contributed by atoms with E-state index in [2.05, 4.69) is 24.3 Å². The fourth-order valence-electron chi connectivity index (χ4n) is 3.52. The molecule has 0 unspecified atom stereocenters. The van der Waals surface area contributed by atoms with E-state index in [1.54, 1.807) is 0 Å². The quantitative estimate of drug-likeness (QED) is 0.296. The molecule has 0 atom stereocenters. The van der Waals surface area contributed by atoms with Crippen molar-refractivity contribution in [1.82, 2.24) is 9.97 Å². The van der Waals surface area contributed by atoms with E-state index in [1.807, 2.05) is 66.7 Å². The molecule has 0 amide bonds. The van der Waals surface area contributed by atoms with Gasteiger partial charge in [-0.1, -0.05) is 84.9 Å². The number of hydrogen-bond donors (Lipinski definition) is 0. The van der Waals surface area contributed by atoms with E-state index in [4.69, 9.17) is 9.97 Å². The van der Waals surface area contributed by atoms with Gasteiger partial charge in [0.2, 0.25) is 0 Å². The van der Waals surface area contributed by atoms with Crippen LogP contribution in [0.15, 0.2) is 91.0 Å². The predicted octanol–water partition coefficient (Wildman–Crippen LogP) is 5.93. The van der Waals surface area contributed by atoms with Crippen LogP contribution in [0.1, 0.15) is 10.4 Å². The van der Waals surface area contributed by atoms with E-state index in [0.29, 0.717) is 11.4 Å². The molecule has 0 saturated heterocycles. The number of aromatic nitrogens is 2. The minimum atomic E-state index is 0.649. The van der Waals surface area contributed by atoms with Crippen LogP contribution in [0.2, 0.25) is 0 Å². The predicted molar refractivity (Wildman–Crippen MR) is 113 cm³/mol. The highest BCUT2D eigenvalue weighted by Gasteiger charge is 2.13. The molecule has 5 rings (SSSR count). The Kier molecular flexibility index (Phi) is 3.91. The van der Waals surface area contributed by atoms with Crippen LogP contribution in [0, 0.1) is 0 Å². The lowest BCUT2D eigenvalue weighted by Gasteiger charge is -2.11. The second-order valence-electron chi connectivity index (χ2n) is 6.68. The van der Waals surface area contributed by atoms with Gasteiger partial charge in [0.15, 0.2) is 5.82 Å². The van der Waals surface area contributed by atoms with Gasteiger partial charge in [-0.25, -0.2) is 9.97 Å². The molecule has 1 heterocycles. The maximum absolute atomic E-state index is 11.0. The second-order valence-corrected chi connectivity index (χ2v) is 6.68. The molecular weight excluding hydrogens is 344 g/mol. The molecule has 3 heteroatoms. The summed E-state index contributed by atoms with van der Waals surface area (Å²) in [6, 6.07) is 30.0. The van der Waals surface area contributed by atoms with Crippen LogP contribution in [-0.2, 0) is 0 Å². The number of nitrogens with zero attached hydrogens (tertiary/aromatic N) is 2. The minimum Gasteiger partial charge on any atom is -0.298 e. The third-order valence-electron chi connectivity index (χ3n) is 4.94. The van der Waals surface area contributed by atoms with E-state index in [-0.39, 0.29) is 0 Å². The van der Waals surface area contributed by atoms with Gasteiger partial charge >= 0.3 is 0 Å². The van der Waals surface area contributed by atoms with Crippen LogP contribution in [0.5, 0.6) is 0 Å². The third kappa shape index (κ3) is 2.74. The van der Waals surface area contributed by atoms with Crippen molar-refractivity contribution in [2.45, 2.75) is 0 Å². The summed E-state index contributed by atoms with van der Waals surface area (Å²) in [4.78, 5) is 20.9. The largest absolute Gasteiger partial charge is 0.298 e. The fourth-order valence-corrected chi connectivity index (χ4v) is 3.52. The first-order valence-corrected chi connectivity index (χ1v) is 9.14. The van der Waals surface area contributed by atoms with Gasteiger partial charge in [0, 0.05) is 27.5 Å². The smallest absolute Gasteiger partial charge is 0.160 e. The van der Waals surface area contributed by atoms with Crippen LogP contribution in [0.4, 0.5) is 0 Å². The molecule has 0 radical (unpaired) electrons. The SMILES string of the molecule is O=Cc1ccc(-c2nc(-c3ccccc3)nc3c2ccc2ccccc23)cc1. The Morgan fingerprint density at radius 2 is 1.36 bits per heavy atom. The lowest BCUT2D eigenvalue weighted by molar-refractivity contribution is 0.112. The summed E-state index contributed by atoms with van der Waals surface area (Å²) in [7, 11) is 0. The minimum absolute atomic E-state index is 0.649. The van der Waals surface area contributed by atoms with E-state index in [0.717, 1.165) is 44.8 Å². The van der Waals surface area contributed by atoms with Gasteiger partial charge in [0.1, 0.15) is 6.29 Å². The molecule has 0 aliphatic heterocycles. The topological polar surface area (TPSA) is 42.9 Å². The highest BCUT2D eigenvalue weighted by Crippen LogP contribution is 2.33. The molecular formula is C25H16N2O. The summed E-state index contributed by atoms with van der Waals surface area (Å²) in [5.74, 6) is 0.693. The molecule has 0 bridgehead atoms. The third-order valence-corrected chi connectivity index (χ3v) is 4.94. The van der Waals surface area contributed by atoms with E-state index in [1.165, 1.54) is 0 Å². The zero-order valence-corrected chi connectivity index (χ0v) is 15.0. The van der Waals surface area contributed by atoms with Crippen LogP contribution in [0.3, 0.4) is 0 Å². The number of rotatable bonds is 3. The highest BCUT2D eigenvalue weighted by atomic mass is 16.1. The molecule has 0 saturated carbocycles. The Bertz CT molecular complexity index is 1310. The molecule has 1 aromatic heterocycles. The summed E-state index contributed by atoms with van der Waals surface area (Å²) in [5, 5.41) is 3.25. The van der Waals surface area contributed by atoms with Crippen molar-refractivity contribution < 1.29 is 4.79 Å². The standard InChI is InChI=1S/C25H16N2O/c28-16-17-10-12-19(13-11-17)23-22-15-14-18-6-4-5-9-21(18)24(22)27-25(26-23)20-7-2-1-3-8-20/h1-16H. The second kappa shape index (κ2) is 6.71. The number of carbonyl (C=O) groups excluding carboxylic acids is 1. The van der Waals surface area contributed by atoms with E-state index < -0.39 is 0 Å². The number of aldehydes is 1. The highest BCUT2D eigenvalue weighted by molar-refractivity contribution is 6.09. The van der Waals surface area contributed by atoms with Crippen molar-refractivity contribution >= 4 is 28.0 Å². The Morgan fingerprint density at radius 1 is 0.607 bits per heavy atom. The number of hydrogen-bond acceptors (Lipinski definition) is 3. The van der Waals surface area contributed by atoms with E-state index >= 15 is 0 Å². The molecule has 0 fully saturated rings. The fraction of sp³-hybridized carbons (Fsp3) is 0. The first-order valence-electron chi connectivity index (χ1n) is 9.14. The summed E-state index contributed by atoms with van der Waals surface area (Å²) in [5.41, 5.74) is 4.39. The van der Waals surface area contributed by atoms with Crippen molar-refractivity contribution in [2.24, 2.45) is 0 Å². The van der Waals surface area contributed by atoms with Gasteiger partial charge in [-0.3, -0.25) is 4.79 Å². The molecule has 0 N–H and O–H groups in total. The number of benzene rings is 4. The maximum Gasteiger partial charge on any atom is 0.160 e. The molecule has 5 aromatic rings. The van der Waals surface area contributed by atoms with Crippen molar-refractivity contribution in [3.63, 3.8) is 0 Å². The summed E-state index contributed by atoms with van der Waals surface area (Å²) < 4.78 is 0. The molecule has 4 aromatic carbocycles. The normalized spacial score (nSPS) is 11.0. The number of carbonyl (C=O) groups is 1. The summed E-state index contributed by atoms with van der Waals surface area (Å²) in [6.45, 7) is 0. The molecule has 3 nitrogen and oxygen atoms in total. The monoisotopic (exact) mass is 360 g/mol. The van der Waals surface area contributed by atoms with Crippen molar-refractivity contribution in [2.75, 3.05) is 0 Å². The molecule has 0 spiro atoms.